The molecule has 0 amide bonds. The fraction of sp³-hybridized carbons (Fsp3) is 0.400. The Morgan fingerprint density at radius 3 is 1.67 bits per heavy atom. The lowest BCUT2D eigenvalue weighted by molar-refractivity contribution is 0.917. The maximum absolute atomic E-state index is 5.03. The summed E-state index contributed by atoms with van der Waals surface area (Å²) in [6.07, 6.45) is 4.98. The SMILES string of the molecule is C=C/C=C(\C=C)NN.CC.CC. The molecule has 0 atom stereocenters. The van der Waals surface area contributed by atoms with Crippen molar-refractivity contribution >= 4 is 0 Å². The maximum atomic E-state index is 5.03. The van der Waals surface area contributed by atoms with E-state index in [0.717, 1.165) is 5.70 Å². The van der Waals surface area contributed by atoms with Crippen molar-refractivity contribution in [3.05, 3.63) is 37.1 Å². The Morgan fingerprint density at radius 2 is 1.58 bits per heavy atom. The highest BCUT2D eigenvalue weighted by Gasteiger charge is 1.76. The number of nitrogens with two attached hydrogens (primary N) is 1. The number of hydrazine groups is 1. The Kier molecular flexibility index (Phi) is 32.2. The summed E-state index contributed by atoms with van der Waals surface area (Å²) in [7, 11) is 0. The zero-order valence-corrected chi connectivity index (χ0v) is 8.72. The second kappa shape index (κ2) is 22.5. The molecule has 0 aliphatic carbocycles. The number of nitrogens with one attached hydrogen (secondary N) is 1. The van der Waals surface area contributed by atoms with Crippen LogP contribution in [0.2, 0.25) is 0 Å². The summed E-state index contributed by atoms with van der Waals surface area (Å²) in [4.78, 5) is 0. The zero-order valence-electron chi connectivity index (χ0n) is 8.72. The van der Waals surface area contributed by atoms with Crippen LogP contribution in [0.4, 0.5) is 0 Å². The quantitative estimate of drug-likeness (QED) is 0.388. The highest BCUT2D eigenvalue weighted by Crippen LogP contribution is 1.85. The minimum absolute atomic E-state index is 0.764. The number of allylic oxidation sites excluding steroid dienone is 3. The smallest absolute Gasteiger partial charge is 0.0478 e. The lowest BCUT2D eigenvalue weighted by Crippen LogP contribution is -2.19. The Labute approximate surface area is 76.8 Å². The first-order valence-corrected chi connectivity index (χ1v) is 4.27. The molecule has 0 unspecified atom stereocenters. The normalized spacial score (nSPS) is 7.92. The summed E-state index contributed by atoms with van der Waals surface area (Å²) in [5.41, 5.74) is 3.19. The Hall–Kier alpha value is -1.02. The summed E-state index contributed by atoms with van der Waals surface area (Å²) >= 11 is 0. The minimum atomic E-state index is 0.764. The van der Waals surface area contributed by atoms with E-state index < -0.39 is 0 Å². The van der Waals surface area contributed by atoms with Gasteiger partial charge in [0.25, 0.3) is 0 Å². The molecule has 0 spiro atoms. The average Bonchev–Trinajstić information content (AvgIpc) is 2.20. The fourth-order valence-corrected chi connectivity index (χ4v) is 0.302. The van der Waals surface area contributed by atoms with Crippen molar-refractivity contribution in [3.63, 3.8) is 0 Å². The predicted molar refractivity (Wildman–Crippen MR) is 58.5 cm³/mol. The van der Waals surface area contributed by atoms with Crippen LogP contribution in [0.5, 0.6) is 0 Å². The second-order valence-corrected chi connectivity index (χ2v) is 1.21. The van der Waals surface area contributed by atoms with Gasteiger partial charge in [0.1, 0.15) is 0 Å². The highest BCUT2D eigenvalue weighted by molar-refractivity contribution is 5.17. The molecule has 0 saturated carbocycles. The van der Waals surface area contributed by atoms with Gasteiger partial charge in [0.2, 0.25) is 0 Å². The standard InChI is InChI=1S/C6H10N2.2C2H6/c1-3-5-6(4-2)8-7;2*1-2/h3-5,8H,1-2,7H2;2*1-2H3/b6-5+;;. The van der Waals surface area contributed by atoms with E-state index in [1.165, 1.54) is 0 Å². The predicted octanol–water partition coefficient (Wildman–Crippen LogP) is 2.76. The fourth-order valence-electron chi connectivity index (χ4n) is 0.302. The summed E-state index contributed by atoms with van der Waals surface area (Å²) < 4.78 is 0. The molecule has 0 aliphatic rings. The van der Waals surface area contributed by atoms with Gasteiger partial charge in [-0.05, 0) is 12.2 Å². The largest absolute Gasteiger partial charge is 0.324 e. The Balaban J connectivity index is -0.000000175. The van der Waals surface area contributed by atoms with Gasteiger partial charge in [-0.25, -0.2) is 0 Å². The van der Waals surface area contributed by atoms with Gasteiger partial charge in [0.05, 0.1) is 0 Å². The lowest BCUT2D eigenvalue weighted by atomic mass is 10.4. The maximum Gasteiger partial charge on any atom is 0.0478 e. The molecule has 0 aromatic heterocycles. The van der Waals surface area contributed by atoms with Gasteiger partial charge in [0, 0.05) is 5.70 Å². The molecule has 0 heterocycles. The highest BCUT2D eigenvalue weighted by atomic mass is 15.2. The van der Waals surface area contributed by atoms with E-state index in [1.54, 1.807) is 18.2 Å². The number of hydrogen-bond donors (Lipinski definition) is 2. The van der Waals surface area contributed by atoms with E-state index in [0.29, 0.717) is 0 Å². The Bertz CT molecular complexity index is 115. The molecule has 0 bridgehead atoms. The van der Waals surface area contributed by atoms with E-state index >= 15 is 0 Å². The summed E-state index contributed by atoms with van der Waals surface area (Å²) in [6, 6.07) is 0. The zero-order chi connectivity index (χ0) is 10.4. The molecule has 12 heavy (non-hydrogen) atoms. The van der Waals surface area contributed by atoms with E-state index in [1.807, 2.05) is 27.7 Å². The molecule has 0 saturated heterocycles. The van der Waals surface area contributed by atoms with Gasteiger partial charge >= 0.3 is 0 Å². The van der Waals surface area contributed by atoms with Crippen LogP contribution < -0.4 is 11.3 Å². The van der Waals surface area contributed by atoms with Gasteiger partial charge in [-0.15, -0.1) is 0 Å². The summed E-state index contributed by atoms with van der Waals surface area (Å²) in [5, 5.41) is 0. The van der Waals surface area contributed by atoms with Crippen molar-refractivity contribution in [3.8, 4) is 0 Å². The van der Waals surface area contributed by atoms with Crippen LogP contribution in [0, 0.1) is 0 Å². The van der Waals surface area contributed by atoms with Gasteiger partial charge in [-0.1, -0.05) is 46.9 Å². The number of hydrogen-bond acceptors (Lipinski definition) is 2. The minimum Gasteiger partial charge on any atom is -0.324 e. The van der Waals surface area contributed by atoms with Crippen molar-refractivity contribution in [1.29, 1.82) is 0 Å². The third-order valence-electron chi connectivity index (χ3n) is 0.684. The summed E-state index contributed by atoms with van der Waals surface area (Å²) in [6.45, 7) is 15.0. The molecule has 0 aliphatic heterocycles. The third-order valence-corrected chi connectivity index (χ3v) is 0.684. The van der Waals surface area contributed by atoms with Crippen molar-refractivity contribution in [2.24, 2.45) is 5.84 Å². The molecule has 0 rings (SSSR count). The first kappa shape index (κ1) is 17.2. The number of rotatable bonds is 3. The van der Waals surface area contributed by atoms with Crippen LogP contribution in [-0.4, -0.2) is 0 Å². The molecule has 2 heteroatoms. The van der Waals surface area contributed by atoms with Crippen molar-refractivity contribution < 1.29 is 0 Å². The van der Waals surface area contributed by atoms with E-state index in [4.69, 9.17) is 5.84 Å². The van der Waals surface area contributed by atoms with Crippen LogP contribution in [0.15, 0.2) is 37.1 Å². The Morgan fingerprint density at radius 1 is 1.17 bits per heavy atom. The molecular formula is C10H22N2. The van der Waals surface area contributed by atoms with Gasteiger partial charge in [-0.2, -0.15) is 0 Å². The van der Waals surface area contributed by atoms with Crippen LogP contribution in [0.25, 0.3) is 0 Å². The summed E-state index contributed by atoms with van der Waals surface area (Å²) in [5.74, 6) is 5.03. The molecule has 2 nitrogen and oxygen atoms in total. The monoisotopic (exact) mass is 170 g/mol. The average molecular weight is 170 g/mol. The van der Waals surface area contributed by atoms with Crippen molar-refractivity contribution in [2.75, 3.05) is 0 Å². The molecule has 0 aromatic rings. The molecule has 72 valence electrons. The lowest BCUT2D eigenvalue weighted by Gasteiger charge is -1.94. The topological polar surface area (TPSA) is 38.0 Å². The molecule has 0 radical (unpaired) electrons. The second-order valence-electron chi connectivity index (χ2n) is 1.21. The van der Waals surface area contributed by atoms with E-state index in [9.17, 15) is 0 Å². The molecular weight excluding hydrogens is 148 g/mol. The first-order chi connectivity index (χ1) is 5.85. The van der Waals surface area contributed by atoms with Crippen LogP contribution in [0.3, 0.4) is 0 Å². The molecule has 0 fully saturated rings. The van der Waals surface area contributed by atoms with Gasteiger partial charge in [-0.3, -0.25) is 5.84 Å². The van der Waals surface area contributed by atoms with Crippen molar-refractivity contribution in [1.82, 2.24) is 5.43 Å². The van der Waals surface area contributed by atoms with Gasteiger partial charge < -0.3 is 5.43 Å². The van der Waals surface area contributed by atoms with E-state index in [-0.39, 0.29) is 0 Å². The van der Waals surface area contributed by atoms with E-state index in [2.05, 4.69) is 18.6 Å². The van der Waals surface area contributed by atoms with Crippen LogP contribution in [-0.2, 0) is 0 Å². The third kappa shape index (κ3) is 16.0. The van der Waals surface area contributed by atoms with Gasteiger partial charge in [0.15, 0.2) is 0 Å². The van der Waals surface area contributed by atoms with Crippen LogP contribution in [0.1, 0.15) is 27.7 Å². The molecule has 0 aromatic carbocycles. The van der Waals surface area contributed by atoms with Crippen molar-refractivity contribution in [2.45, 2.75) is 27.7 Å². The first-order valence-electron chi connectivity index (χ1n) is 4.27. The van der Waals surface area contributed by atoms with Crippen LogP contribution >= 0.6 is 0 Å². The molecule has 3 N–H and O–H groups in total.